The molecule has 4 aliphatic rings. The van der Waals surface area contributed by atoms with E-state index in [1.165, 1.54) is 55.7 Å². The third kappa shape index (κ3) is 4.99. The smallest absolute Gasteiger partial charge is 0.231 e. The van der Waals surface area contributed by atoms with Gasteiger partial charge in [0.2, 0.25) is 13.6 Å². The highest BCUT2D eigenvalue weighted by molar-refractivity contribution is 6.81. The maximum Gasteiger partial charge on any atom is 0.231 e. The molecule has 49 heavy (non-hydrogen) atoms. The first kappa shape index (κ1) is 32.0. The number of benzene rings is 4. The lowest BCUT2D eigenvalue weighted by molar-refractivity contribution is 0.174. The van der Waals surface area contributed by atoms with Crippen LogP contribution in [-0.2, 0) is 10.8 Å². The molecule has 0 saturated heterocycles. The lowest BCUT2D eigenvalue weighted by Gasteiger charge is -2.39. The first-order valence-corrected chi connectivity index (χ1v) is 20.8. The van der Waals surface area contributed by atoms with Crippen molar-refractivity contribution in [1.82, 2.24) is 0 Å². The van der Waals surface area contributed by atoms with E-state index in [1.807, 2.05) is 0 Å². The minimum Gasteiger partial charge on any atom is -0.454 e. The molecule has 4 aromatic rings. The summed E-state index contributed by atoms with van der Waals surface area (Å²) in [5.74, 6) is 3.44. The number of ether oxygens (including phenoxy) is 4. The van der Waals surface area contributed by atoms with Crippen LogP contribution in [0.5, 0.6) is 23.0 Å². The molecule has 0 radical (unpaired) electrons. The van der Waals surface area contributed by atoms with Crippen LogP contribution in [0.25, 0.3) is 34.4 Å². The second kappa shape index (κ2) is 10.9. The van der Waals surface area contributed by atoms with Crippen molar-refractivity contribution in [3.63, 3.8) is 0 Å². The summed E-state index contributed by atoms with van der Waals surface area (Å²) in [7, 11) is -2.18. The van der Waals surface area contributed by atoms with Gasteiger partial charge < -0.3 is 18.9 Å². The van der Waals surface area contributed by atoms with E-state index in [4.69, 9.17) is 18.9 Å². The lowest BCUT2D eigenvalue weighted by Crippen LogP contribution is -2.42. The Hall–Kier alpha value is -4.22. The third-order valence-electron chi connectivity index (χ3n) is 11.3. The average Bonchev–Trinajstić information content (AvgIpc) is 3.82. The molecule has 8 rings (SSSR count). The van der Waals surface area contributed by atoms with Crippen LogP contribution in [-0.4, -0.2) is 21.7 Å². The molecular formula is C44H48O4Si. The van der Waals surface area contributed by atoms with Gasteiger partial charge in [0.05, 0.1) is 8.07 Å². The highest BCUT2D eigenvalue weighted by atomic mass is 28.3. The summed E-state index contributed by atoms with van der Waals surface area (Å²) in [6.07, 6.45) is 4.86. The zero-order chi connectivity index (χ0) is 34.6. The van der Waals surface area contributed by atoms with Crippen molar-refractivity contribution in [1.29, 1.82) is 0 Å². The van der Waals surface area contributed by atoms with E-state index in [1.54, 1.807) is 0 Å². The summed E-state index contributed by atoms with van der Waals surface area (Å²) in [4.78, 5) is 0. The van der Waals surface area contributed by atoms with Gasteiger partial charge in [0, 0.05) is 22.2 Å². The van der Waals surface area contributed by atoms with Crippen LogP contribution in [0.2, 0.25) is 13.1 Å². The first-order valence-electron chi connectivity index (χ1n) is 17.7. The molecule has 0 bridgehead atoms. The van der Waals surface area contributed by atoms with Crippen LogP contribution >= 0.6 is 0 Å². The predicted octanol–water partition coefficient (Wildman–Crippen LogP) is 11.6. The summed E-state index contributed by atoms with van der Waals surface area (Å²) < 4.78 is 24.6. The molecule has 4 nitrogen and oxygen atoms in total. The van der Waals surface area contributed by atoms with Gasteiger partial charge in [-0.3, -0.25) is 0 Å². The van der Waals surface area contributed by atoms with Gasteiger partial charge in [-0.15, -0.1) is 0 Å². The van der Waals surface area contributed by atoms with E-state index >= 15 is 0 Å². The number of hydrogen-bond acceptors (Lipinski definition) is 4. The second-order valence-electron chi connectivity index (χ2n) is 17.1. The molecular weight excluding hydrogens is 621 g/mol. The molecule has 0 fully saturated rings. The van der Waals surface area contributed by atoms with Crippen molar-refractivity contribution in [2.24, 2.45) is 0 Å². The maximum absolute atomic E-state index is 6.17. The highest BCUT2D eigenvalue weighted by Crippen LogP contribution is 2.59. The van der Waals surface area contributed by atoms with Gasteiger partial charge >= 0.3 is 0 Å². The van der Waals surface area contributed by atoms with Crippen LogP contribution in [0, 0.1) is 0 Å². The Balaban J connectivity index is 1.25. The quantitative estimate of drug-likeness (QED) is 0.203. The van der Waals surface area contributed by atoms with E-state index in [2.05, 4.69) is 141 Å². The molecule has 0 saturated carbocycles. The molecule has 0 aromatic heterocycles. The van der Waals surface area contributed by atoms with Gasteiger partial charge in [0.1, 0.15) is 0 Å². The van der Waals surface area contributed by atoms with Crippen molar-refractivity contribution in [2.75, 3.05) is 13.6 Å². The molecule has 2 unspecified atom stereocenters. The first-order chi connectivity index (χ1) is 23.1. The molecule has 0 spiro atoms. The molecule has 2 atom stereocenters. The van der Waals surface area contributed by atoms with Crippen molar-refractivity contribution in [3.05, 3.63) is 105 Å². The fourth-order valence-electron chi connectivity index (χ4n) is 9.04. The van der Waals surface area contributed by atoms with Crippen LogP contribution in [0.4, 0.5) is 0 Å². The van der Waals surface area contributed by atoms with E-state index in [0.29, 0.717) is 11.1 Å². The van der Waals surface area contributed by atoms with Crippen LogP contribution in [0.1, 0.15) is 99.9 Å². The summed E-state index contributed by atoms with van der Waals surface area (Å²) >= 11 is 0. The molecule has 2 aliphatic heterocycles. The Labute approximate surface area is 292 Å². The van der Waals surface area contributed by atoms with Crippen molar-refractivity contribution >= 4 is 20.2 Å². The molecule has 0 N–H and O–H groups in total. The number of fused-ring (bicyclic) bond motifs is 4. The van der Waals surface area contributed by atoms with Crippen LogP contribution in [0.15, 0.2) is 71.8 Å². The lowest BCUT2D eigenvalue weighted by atomic mass is 9.85. The van der Waals surface area contributed by atoms with Crippen molar-refractivity contribution < 1.29 is 18.9 Å². The SMILES string of the molecule is CC1=Cc2c(cc3c(c2-c2ccc(C(C)(C)C)cc2)OCO3)C1[Si](C)(C)C1C(C)=Cc2c1cc1c(c2-c2ccc(C(C)(C)C)cc2)OCO1. The van der Waals surface area contributed by atoms with E-state index in [0.717, 1.165) is 34.1 Å². The van der Waals surface area contributed by atoms with Gasteiger partial charge in [-0.2, -0.15) is 0 Å². The summed E-state index contributed by atoms with van der Waals surface area (Å²) in [5, 5.41) is 0. The average molecular weight is 669 g/mol. The van der Waals surface area contributed by atoms with Crippen LogP contribution < -0.4 is 18.9 Å². The van der Waals surface area contributed by atoms with Crippen molar-refractivity contribution in [3.8, 4) is 45.3 Å². The second-order valence-corrected chi connectivity index (χ2v) is 21.9. The minimum atomic E-state index is -2.18. The Morgan fingerprint density at radius 3 is 1.27 bits per heavy atom. The number of rotatable bonds is 4. The van der Waals surface area contributed by atoms with Gasteiger partial charge in [0.25, 0.3) is 0 Å². The summed E-state index contributed by atoms with van der Waals surface area (Å²) in [6, 6.07) is 22.7. The Bertz CT molecular complexity index is 1920. The third-order valence-corrected chi connectivity index (χ3v) is 15.8. The zero-order valence-electron chi connectivity index (χ0n) is 30.6. The molecule has 2 aliphatic carbocycles. The minimum absolute atomic E-state index is 0.0892. The Morgan fingerprint density at radius 2 is 0.918 bits per heavy atom. The van der Waals surface area contributed by atoms with Gasteiger partial charge in [-0.25, -0.2) is 0 Å². The Kier molecular flexibility index (Phi) is 7.11. The summed E-state index contributed by atoms with van der Waals surface area (Å²) in [5.41, 5.74) is 16.2. The molecule has 252 valence electrons. The molecule has 0 amide bonds. The number of allylic oxidation sites excluding steroid dienone is 2. The van der Waals surface area contributed by atoms with E-state index in [-0.39, 0.29) is 24.4 Å². The molecule has 2 heterocycles. The van der Waals surface area contributed by atoms with E-state index < -0.39 is 8.07 Å². The molecule has 4 aromatic carbocycles. The van der Waals surface area contributed by atoms with E-state index in [9.17, 15) is 0 Å². The standard InChI is InChI=1S/C44H48O4Si/c1-25-19-31-33(21-35-39(47-23-45-35)37(31)27-11-15-29(16-12-27)43(3,4)5)41(25)49(9,10)42-26(2)20-32-34(42)22-36-40(48-24-46-36)38(32)28-13-17-30(18-14-28)44(6,7)8/h11-22,41-42H,23-24H2,1-10H3. The van der Waals surface area contributed by atoms with Gasteiger partial charge in [-0.1, -0.05) is 126 Å². The summed E-state index contributed by atoms with van der Waals surface area (Å²) in [6.45, 7) is 23.9. The Morgan fingerprint density at radius 1 is 0.551 bits per heavy atom. The normalized spacial score (nSPS) is 19.1. The topological polar surface area (TPSA) is 36.9 Å². The predicted molar refractivity (Wildman–Crippen MR) is 204 cm³/mol. The van der Waals surface area contributed by atoms with Gasteiger partial charge in [-0.05, 0) is 81.3 Å². The largest absolute Gasteiger partial charge is 0.454 e. The fraction of sp³-hybridized carbons (Fsp3) is 0.364. The van der Waals surface area contributed by atoms with Crippen LogP contribution in [0.3, 0.4) is 0 Å². The monoisotopic (exact) mass is 668 g/mol. The highest BCUT2D eigenvalue weighted by Gasteiger charge is 2.49. The van der Waals surface area contributed by atoms with Crippen molar-refractivity contribution in [2.45, 2.75) is 90.4 Å². The number of hydrogen-bond donors (Lipinski definition) is 0. The maximum atomic E-state index is 6.17. The zero-order valence-corrected chi connectivity index (χ0v) is 31.6. The molecule has 5 heteroatoms. The fourth-order valence-corrected chi connectivity index (χ4v) is 14.0. The van der Waals surface area contributed by atoms with Gasteiger partial charge in [0.15, 0.2) is 23.0 Å².